The molecule has 7 heteroatoms. The van der Waals surface area contributed by atoms with E-state index in [0.29, 0.717) is 17.7 Å². The number of hydrogen-bond acceptors (Lipinski definition) is 3. The highest BCUT2D eigenvalue weighted by atomic mass is 19.1. The highest BCUT2D eigenvalue weighted by Crippen LogP contribution is 2.28. The molecule has 3 rings (SSSR count). The fourth-order valence-electron chi connectivity index (χ4n) is 3.03. The summed E-state index contributed by atoms with van der Waals surface area (Å²) < 4.78 is 33.5. The van der Waals surface area contributed by atoms with Gasteiger partial charge < -0.3 is 14.7 Å². The molecule has 0 bridgehead atoms. The molecule has 0 unspecified atom stereocenters. The van der Waals surface area contributed by atoms with E-state index >= 15 is 0 Å². The van der Waals surface area contributed by atoms with Gasteiger partial charge in [0, 0.05) is 24.7 Å². The molecule has 0 radical (unpaired) electrons. The number of carbonyl (C=O) groups excluding carboxylic acids is 1. The average molecular weight is 361 g/mol. The van der Waals surface area contributed by atoms with Gasteiger partial charge in [-0.3, -0.25) is 9.59 Å². The summed E-state index contributed by atoms with van der Waals surface area (Å²) in [7, 11) is 1.42. The van der Waals surface area contributed by atoms with Crippen LogP contribution < -0.4 is 4.74 Å². The standard InChI is InChI=1S/C19H17F2NO4/c1-26-13-3-5-14(17(21)9-13)11-2-4-15(16(20)8-11)18(23)22-7-6-12(10-22)19(24)25/h2-5,8-9,12H,6-7,10H2,1H3,(H,24,25)/t12-/m1/s1. The van der Waals surface area contributed by atoms with Crippen molar-refractivity contribution in [2.24, 2.45) is 5.92 Å². The first kappa shape index (κ1) is 17.8. The van der Waals surface area contributed by atoms with E-state index in [0.717, 1.165) is 6.07 Å². The van der Waals surface area contributed by atoms with Gasteiger partial charge in [0.1, 0.15) is 17.4 Å². The number of carboxylic acids is 1. The first-order valence-corrected chi connectivity index (χ1v) is 8.06. The molecule has 1 amide bonds. The molecule has 1 aliphatic rings. The van der Waals surface area contributed by atoms with Crippen molar-refractivity contribution in [3.8, 4) is 16.9 Å². The van der Waals surface area contributed by atoms with Crippen LogP contribution in [0.15, 0.2) is 36.4 Å². The van der Waals surface area contributed by atoms with Gasteiger partial charge in [0.15, 0.2) is 0 Å². The lowest BCUT2D eigenvalue weighted by Gasteiger charge is -2.16. The molecule has 1 N–H and O–H groups in total. The lowest BCUT2D eigenvalue weighted by atomic mass is 10.0. The van der Waals surface area contributed by atoms with Gasteiger partial charge in [-0.1, -0.05) is 6.07 Å². The Hall–Kier alpha value is -2.96. The predicted molar refractivity (Wildman–Crippen MR) is 90.0 cm³/mol. The largest absolute Gasteiger partial charge is 0.497 e. The average Bonchev–Trinajstić information content (AvgIpc) is 3.11. The molecular formula is C19H17F2NO4. The quantitative estimate of drug-likeness (QED) is 0.908. The van der Waals surface area contributed by atoms with Crippen LogP contribution in [0.1, 0.15) is 16.8 Å². The number of amides is 1. The van der Waals surface area contributed by atoms with Gasteiger partial charge in [-0.2, -0.15) is 0 Å². The van der Waals surface area contributed by atoms with Crippen molar-refractivity contribution in [2.75, 3.05) is 20.2 Å². The predicted octanol–water partition coefficient (Wildman–Crippen LogP) is 3.19. The Bertz CT molecular complexity index is 869. The zero-order chi connectivity index (χ0) is 18.8. The van der Waals surface area contributed by atoms with E-state index in [2.05, 4.69) is 0 Å². The Morgan fingerprint density at radius 1 is 1.15 bits per heavy atom. The first-order valence-electron chi connectivity index (χ1n) is 8.06. The van der Waals surface area contributed by atoms with Gasteiger partial charge in [0.2, 0.25) is 0 Å². The fraction of sp³-hybridized carbons (Fsp3) is 0.263. The second-order valence-corrected chi connectivity index (χ2v) is 6.12. The van der Waals surface area contributed by atoms with E-state index in [-0.39, 0.29) is 24.2 Å². The molecule has 0 aromatic heterocycles. The monoisotopic (exact) mass is 361 g/mol. The Balaban J connectivity index is 1.84. The van der Waals surface area contributed by atoms with Crippen molar-refractivity contribution in [3.05, 3.63) is 53.6 Å². The summed E-state index contributed by atoms with van der Waals surface area (Å²) in [6.45, 7) is 0.326. The molecule has 26 heavy (non-hydrogen) atoms. The molecular weight excluding hydrogens is 344 g/mol. The Kier molecular flexibility index (Phi) is 4.88. The van der Waals surface area contributed by atoms with Crippen molar-refractivity contribution in [2.45, 2.75) is 6.42 Å². The van der Waals surface area contributed by atoms with Crippen molar-refractivity contribution < 1.29 is 28.2 Å². The van der Waals surface area contributed by atoms with Crippen LogP contribution in [0.2, 0.25) is 0 Å². The van der Waals surface area contributed by atoms with Crippen LogP contribution in [0.4, 0.5) is 8.78 Å². The first-order chi connectivity index (χ1) is 12.4. The minimum Gasteiger partial charge on any atom is -0.497 e. The van der Waals surface area contributed by atoms with Gasteiger partial charge >= 0.3 is 5.97 Å². The number of hydrogen-bond donors (Lipinski definition) is 1. The zero-order valence-corrected chi connectivity index (χ0v) is 14.0. The maximum absolute atomic E-state index is 14.5. The number of nitrogens with zero attached hydrogens (tertiary/aromatic N) is 1. The number of benzene rings is 2. The van der Waals surface area contributed by atoms with Crippen LogP contribution >= 0.6 is 0 Å². The molecule has 2 aromatic carbocycles. The Morgan fingerprint density at radius 2 is 1.92 bits per heavy atom. The van der Waals surface area contributed by atoms with Crippen LogP contribution in [0.25, 0.3) is 11.1 Å². The Labute approximate surface area is 148 Å². The summed E-state index contributed by atoms with van der Waals surface area (Å²) >= 11 is 0. The number of methoxy groups -OCH3 is 1. The lowest BCUT2D eigenvalue weighted by Crippen LogP contribution is -2.30. The highest BCUT2D eigenvalue weighted by Gasteiger charge is 2.32. The summed E-state index contributed by atoms with van der Waals surface area (Å²) in [4.78, 5) is 24.8. The maximum atomic E-state index is 14.5. The van der Waals surface area contributed by atoms with E-state index in [4.69, 9.17) is 9.84 Å². The number of carbonyl (C=O) groups is 2. The summed E-state index contributed by atoms with van der Waals surface area (Å²) in [5.41, 5.74) is 0.327. The van der Waals surface area contributed by atoms with Gasteiger partial charge in [0.05, 0.1) is 18.6 Å². The van der Waals surface area contributed by atoms with Gasteiger partial charge in [-0.25, -0.2) is 8.78 Å². The molecule has 1 saturated heterocycles. The smallest absolute Gasteiger partial charge is 0.308 e. The molecule has 1 aliphatic heterocycles. The third kappa shape index (κ3) is 3.37. The van der Waals surface area contributed by atoms with Crippen LogP contribution in [-0.4, -0.2) is 42.1 Å². The van der Waals surface area contributed by atoms with Crippen LogP contribution in [0.3, 0.4) is 0 Å². The lowest BCUT2D eigenvalue weighted by molar-refractivity contribution is -0.141. The maximum Gasteiger partial charge on any atom is 0.308 e. The summed E-state index contributed by atoms with van der Waals surface area (Å²) in [6.07, 6.45) is 0.345. The molecule has 1 heterocycles. The number of rotatable bonds is 4. The van der Waals surface area contributed by atoms with Crippen molar-refractivity contribution in [1.82, 2.24) is 4.90 Å². The molecule has 2 aromatic rings. The van der Waals surface area contributed by atoms with Crippen molar-refractivity contribution in [1.29, 1.82) is 0 Å². The highest BCUT2D eigenvalue weighted by molar-refractivity contribution is 5.95. The Morgan fingerprint density at radius 3 is 2.50 bits per heavy atom. The van der Waals surface area contributed by atoms with E-state index in [1.165, 1.54) is 36.3 Å². The summed E-state index contributed by atoms with van der Waals surface area (Å²) in [5, 5.41) is 9.01. The SMILES string of the molecule is COc1ccc(-c2ccc(C(=O)N3CC[C@@H](C(=O)O)C3)c(F)c2)c(F)c1. The number of ether oxygens (including phenoxy) is 1. The van der Waals surface area contributed by atoms with Gasteiger partial charge in [0.25, 0.3) is 5.91 Å². The fourth-order valence-corrected chi connectivity index (χ4v) is 3.03. The normalized spacial score (nSPS) is 16.6. The summed E-state index contributed by atoms with van der Waals surface area (Å²) in [5.74, 6) is -3.15. The summed E-state index contributed by atoms with van der Waals surface area (Å²) in [6, 6.07) is 8.09. The van der Waals surface area contributed by atoms with Crippen LogP contribution in [0, 0.1) is 17.6 Å². The number of aliphatic carboxylic acids is 1. The van der Waals surface area contributed by atoms with Crippen LogP contribution in [0.5, 0.6) is 5.75 Å². The van der Waals surface area contributed by atoms with E-state index < -0.39 is 29.4 Å². The van der Waals surface area contributed by atoms with Crippen molar-refractivity contribution in [3.63, 3.8) is 0 Å². The minimum atomic E-state index is -0.967. The van der Waals surface area contributed by atoms with E-state index in [1.54, 1.807) is 6.07 Å². The third-order valence-corrected chi connectivity index (χ3v) is 4.51. The van der Waals surface area contributed by atoms with E-state index in [1.807, 2.05) is 0 Å². The zero-order valence-electron chi connectivity index (χ0n) is 14.0. The molecule has 0 aliphatic carbocycles. The molecule has 136 valence electrons. The number of carboxylic acid groups (broad SMARTS) is 1. The second-order valence-electron chi connectivity index (χ2n) is 6.12. The van der Waals surface area contributed by atoms with Gasteiger partial charge in [-0.15, -0.1) is 0 Å². The topological polar surface area (TPSA) is 66.8 Å². The van der Waals surface area contributed by atoms with Crippen LogP contribution in [-0.2, 0) is 4.79 Å². The molecule has 5 nitrogen and oxygen atoms in total. The van der Waals surface area contributed by atoms with E-state index in [9.17, 15) is 18.4 Å². The minimum absolute atomic E-state index is 0.0580. The molecule has 1 fully saturated rings. The number of halogens is 2. The third-order valence-electron chi connectivity index (χ3n) is 4.51. The molecule has 1 atom stereocenters. The molecule has 0 spiro atoms. The molecule has 0 saturated carbocycles. The van der Waals surface area contributed by atoms with Gasteiger partial charge in [-0.05, 0) is 36.2 Å². The number of likely N-dealkylation sites (tertiary alicyclic amines) is 1. The van der Waals surface area contributed by atoms with Crippen molar-refractivity contribution >= 4 is 11.9 Å². The second kappa shape index (κ2) is 7.11.